The van der Waals surface area contributed by atoms with Gasteiger partial charge in [0.05, 0.1) is 14.2 Å². The molecule has 2 saturated heterocycles. The highest BCUT2D eigenvalue weighted by atomic mass is 16.5. The number of amides is 3. The maximum atomic E-state index is 13.2. The third-order valence-corrected chi connectivity index (χ3v) is 6.78. The van der Waals surface area contributed by atoms with Gasteiger partial charge in [-0.1, -0.05) is 6.07 Å². The number of hydrogen-bond donors (Lipinski definition) is 0. The number of rotatable bonds is 5. The Bertz CT molecular complexity index is 1090. The van der Waals surface area contributed by atoms with Crippen LogP contribution in [0.3, 0.4) is 0 Å². The molecule has 1 unspecified atom stereocenters. The molecule has 2 aliphatic rings. The third-order valence-electron chi connectivity index (χ3n) is 6.78. The molecule has 8 heteroatoms. The van der Waals surface area contributed by atoms with Gasteiger partial charge in [-0.15, -0.1) is 0 Å². The van der Waals surface area contributed by atoms with Gasteiger partial charge < -0.3 is 24.2 Å². The summed E-state index contributed by atoms with van der Waals surface area (Å²) < 4.78 is 10.5. The number of ether oxygens (including phenoxy) is 2. The zero-order valence-corrected chi connectivity index (χ0v) is 20.2. The van der Waals surface area contributed by atoms with Crippen LogP contribution in [0, 0.1) is 19.8 Å². The van der Waals surface area contributed by atoms with Crippen molar-refractivity contribution in [1.82, 2.24) is 9.80 Å². The van der Waals surface area contributed by atoms with E-state index in [1.54, 1.807) is 47.1 Å². The van der Waals surface area contributed by atoms with Crippen molar-refractivity contribution in [3.63, 3.8) is 0 Å². The predicted octanol–water partition coefficient (Wildman–Crippen LogP) is 2.66. The lowest BCUT2D eigenvalue weighted by molar-refractivity contribution is -0.141. The highest BCUT2D eigenvalue weighted by Crippen LogP contribution is 2.29. The number of carbonyl (C=O) groups excluding carboxylic acids is 3. The Hall–Kier alpha value is -3.55. The third kappa shape index (κ3) is 4.58. The van der Waals surface area contributed by atoms with Crippen molar-refractivity contribution in [3.05, 3.63) is 53.1 Å². The first kappa shape index (κ1) is 23.6. The van der Waals surface area contributed by atoms with E-state index in [1.165, 1.54) is 5.56 Å². The van der Waals surface area contributed by atoms with E-state index in [2.05, 4.69) is 0 Å². The predicted molar refractivity (Wildman–Crippen MR) is 128 cm³/mol. The van der Waals surface area contributed by atoms with Gasteiger partial charge in [0.2, 0.25) is 11.8 Å². The number of hydrogen-bond acceptors (Lipinski definition) is 5. The highest BCUT2D eigenvalue weighted by Gasteiger charge is 2.40. The second kappa shape index (κ2) is 9.75. The van der Waals surface area contributed by atoms with E-state index in [0.29, 0.717) is 56.2 Å². The summed E-state index contributed by atoms with van der Waals surface area (Å²) in [5.41, 5.74) is 3.61. The van der Waals surface area contributed by atoms with Gasteiger partial charge in [0, 0.05) is 50.0 Å². The van der Waals surface area contributed by atoms with Gasteiger partial charge in [0.1, 0.15) is 17.4 Å². The molecule has 2 aromatic rings. The van der Waals surface area contributed by atoms with Crippen LogP contribution in [0.5, 0.6) is 11.5 Å². The minimum atomic E-state index is -0.661. The Labute approximate surface area is 200 Å². The summed E-state index contributed by atoms with van der Waals surface area (Å²) >= 11 is 0. The van der Waals surface area contributed by atoms with Crippen LogP contribution in [0.25, 0.3) is 0 Å². The molecule has 2 aliphatic heterocycles. The van der Waals surface area contributed by atoms with Gasteiger partial charge >= 0.3 is 0 Å². The molecule has 0 spiro atoms. The quantitative estimate of drug-likeness (QED) is 0.635. The minimum absolute atomic E-state index is 0.137. The number of aryl methyl sites for hydroxylation is 2. The van der Waals surface area contributed by atoms with Crippen molar-refractivity contribution >= 4 is 23.4 Å². The molecule has 1 atom stereocenters. The number of benzene rings is 2. The van der Waals surface area contributed by atoms with Crippen LogP contribution in [0.2, 0.25) is 0 Å². The SMILES string of the molecule is COc1cc(OC)cc(C(=O)N2CCN(C(=O)C3CCN(c4ccc(C)c(C)c4)C3=O)CC2)c1. The van der Waals surface area contributed by atoms with Crippen molar-refractivity contribution in [3.8, 4) is 11.5 Å². The second-order valence-electron chi connectivity index (χ2n) is 8.82. The van der Waals surface area contributed by atoms with Crippen LogP contribution >= 0.6 is 0 Å². The lowest BCUT2D eigenvalue weighted by Crippen LogP contribution is -2.52. The Kier molecular flexibility index (Phi) is 6.77. The Morgan fingerprint density at radius 1 is 0.824 bits per heavy atom. The average molecular weight is 466 g/mol. The molecule has 2 fully saturated rings. The van der Waals surface area contributed by atoms with Crippen LogP contribution in [0.4, 0.5) is 5.69 Å². The lowest BCUT2D eigenvalue weighted by Gasteiger charge is -2.35. The molecule has 0 radical (unpaired) electrons. The Morgan fingerprint density at radius 2 is 1.44 bits per heavy atom. The van der Waals surface area contributed by atoms with Crippen LogP contribution < -0.4 is 14.4 Å². The zero-order chi connectivity index (χ0) is 24.4. The standard InChI is InChI=1S/C26H31N3O5/c1-17-5-6-20(13-18(17)2)29-8-7-23(26(29)32)25(31)28-11-9-27(10-12-28)24(30)19-14-21(33-3)16-22(15-19)34-4/h5-6,13-16,23H,7-12H2,1-4H3. The second-order valence-corrected chi connectivity index (χ2v) is 8.82. The molecule has 2 aromatic carbocycles. The van der Waals surface area contributed by atoms with Gasteiger partial charge in [0.15, 0.2) is 0 Å². The molecule has 180 valence electrons. The maximum absolute atomic E-state index is 13.2. The summed E-state index contributed by atoms with van der Waals surface area (Å²) in [5, 5.41) is 0. The molecular weight excluding hydrogens is 434 g/mol. The van der Waals surface area contributed by atoms with Crippen LogP contribution in [-0.2, 0) is 9.59 Å². The first-order chi connectivity index (χ1) is 16.3. The van der Waals surface area contributed by atoms with Crippen LogP contribution in [-0.4, -0.2) is 74.5 Å². The Balaban J connectivity index is 1.38. The number of anilines is 1. The molecule has 2 heterocycles. The first-order valence-corrected chi connectivity index (χ1v) is 11.5. The molecule has 3 amide bonds. The summed E-state index contributed by atoms with van der Waals surface area (Å²) in [6, 6.07) is 11.0. The molecule has 0 N–H and O–H groups in total. The number of carbonyl (C=O) groups is 3. The largest absolute Gasteiger partial charge is 0.497 e. The highest BCUT2D eigenvalue weighted by molar-refractivity contribution is 6.09. The van der Waals surface area contributed by atoms with E-state index in [9.17, 15) is 14.4 Å². The summed E-state index contributed by atoms with van der Waals surface area (Å²) in [7, 11) is 3.08. The van der Waals surface area contributed by atoms with Crippen molar-refractivity contribution in [2.24, 2.45) is 5.92 Å². The van der Waals surface area contributed by atoms with E-state index in [-0.39, 0.29) is 17.7 Å². The normalized spacial score (nSPS) is 18.3. The van der Waals surface area contributed by atoms with Crippen LogP contribution in [0.15, 0.2) is 36.4 Å². The van der Waals surface area contributed by atoms with E-state index in [0.717, 1.165) is 11.3 Å². The van der Waals surface area contributed by atoms with E-state index < -0.39 is 5.92 Å². The fourth-order valence-corrected chi connectivity index (χ4v) is 4.52. The average Bonchev–Trinajstić information content (AvgIpc) is 3.25. The molecule has 34 heavy (non-hydrogen) atoms. The number of methoxy groups -OCH3 is 2. The lowest BCUT2D eigenvalue weighted by atomic mass is 10.1. The van der Waals surface area contributed by atoms with Gasteiger partial charge in [-0.2, -0.15) is 0 Å². The molecule has 8 nitrogen and oxygen atoms in total. The maximum Gasteiger partial charge on any atom is 0.254 e. The van der Waals surface area contributed by atoms with Crippen molar-refractivity contribution < 1.29 is 23.9 Å². The van der Waals surface area contributed by atoms with Crippen molar-refractivity contribution in [2.75, 3.05) is 51.8 Å². The van der Waals surface area contributed by atoms with Gasteiger partial charge in [0.25, 0.3) is 5.91 Å². The fraction of sp³-hybridized carbons (Fsp3) is 0.423. The smallest absolute Gasteiger partial charge is 0.254 e. The molecule has 0 bridgehead atoms. The van der Waals surface area contributed by atoms with Crippen molar-refractivity contribution in [1.29, 1.82) is 0 Å². The topological polar surface area (TPSA) is 79.4 Å². The number of piperazine rings is 1. The minimum Gasteiger partial charge on any atom is -0.497 e. The number of nitrogens with zero attached hydrogens (tertiary/aromatic N) is 3. The Morgan fingerprint density at radius 3 is 2.03 bits per heavy atom. The van der Waals surface area contributed by atoms with Crippen molar-refractivity contribution in [2.45, 2.75) is 20.3 Å². The van der Waals surface area contributed by atoms with E-state index in [4.69, 9.17) is 9.47 Å². The molecule has 0 aliphatic carbocycles. The summed E-state index contributed by atoms with van der Waals surface area (Å²) in [4.78, 5) is 44.4. The van der Waals surface area contributed by atoms with Gasteiger partial charge in [-0.3, -0.25) is 14.4 Å². The molecule has 4 rings (SSSR count). The molecule has 0 saturated carbocycles. The van der Waals surface area contributed by atoms with E-state index >= 15 is 0 Å². The summed E-state index contributed by atoms with van der Waals surface area (Å²) in [6.07, 6.45) is 0.507. The monoisotopic (exact) mass is 465 g/mol. The molecular formula is C26H31N3O5. The fourth-order valence-electron chi connectivity index (χ4n) is 4.52. The zero-order valence-electron chi connectivity index (χ0n) is 20.2. The van der Waals surface area contributed by atoms with Gasteiger partial charge in [-0.25, -0.2) is 0 Å². The van der Waals surface area contributed by atoms with E-state index in [1.807, 2.05) is 32.0 Å². The molecule has 0 aromatic heterocycles. The first-order valence-electron chi connectivity index (χ1n) is 11.5. The summed E-state index contributed by atoms with van der Waals surface area (Å²) in [5.74, 6) is 0.00421. The van der Waals surface area contributed by atoms with Crippen LogP contribution in [0.1, 0.15) is 27.9 Å². The summed E-state index contributed by atoms with van der Waals surface area (Å²) in [6.45, 7) is 6.21. The van der Waals surface area contributed by atoms with Gasteiger partial charge in [-0.05, 0) is 55.7 Å².